The zero-order chi connectivity index (χ0) is 23.6. The Kier molecular flexibility index (Phi) is 5.92. The summed E-state index contributed by atoms with van der Waals surface area (Å²) < 4.78 is 13.3. The average Bonchev–Trinajstić information content (AvgIpc) is 2.81. The molecule has 3 heterocycles. The normalized spacial score (nSPS) is 17.2. The van der Waals surface area contributed by atoms with E-state index in [-0.39, 0.29) is 5.82 Å². The van der Waals surface area contributed by atoms with Gasteiger partial charge >= 0.3 is 0 Å². The Hall–Kier alpha value is -4.06. The largest absolute Gasteiger partial charge is 0.357 e. The number of hydrogen-bond donors (Lipinski definition) is 2. The second-order valence-corrected chi connectivity index (χ2v) is 8.02. The lowest BCUT2D eigenvalue weighted by Gasteiger charge is -2.44. The minimum Gasteiger partial charge on any atom is -0.357 e. The summed E-state index contributed by atoms with van der Waals surface area (Å²) >= 11 is 0. The molecule has 0 fully saturated rings. The van der Waals surface area contributed by atoms with E-state index in [1.165, 1.54) is 18.3 Å². The Labute approximate surface area is 193 Å². The number of benzene rings is 1. The van der Waals surface area contributed by atoms with Crippen molar-refractivity contribution in [1.82, 2.24) is 9.97 Å². The molecule has 166 valence electrons. The zero-order valence-electron chi connectivity index (χ0n) is 19.0. The first-order valence-corrected chi connectivity index (χ1v) is 10.6. The second kappa shape index (κ2) is 8.82. The number of aliphatic imine (C=N–C) groups is 1. The summed E-state index contributed by atoms with van der Waals surface area (Å²) in [4.78, 5) is 13.2. The van der Waals surface area contributed by atoms with Crippen molar-refractivity contribution in [3.8, 4) is 11.3 Å². The summed E-state index contributed by atoms with van der Waals surface area (Å²) in [7, 11) is 0. The first-order valence-electron chi connectivity index (χ1n) is 10.6. The van der Waals surface area contributed by atoms with Crippen molar-refractivity contribution in [2.24, 2.45) is 4.99 Å². The van der Waals surface area contributed by atoms with E-state index < -0.39 is 5.54 Å². The summed E-state index contributed by atoms with van der Waals surface area (Å²) in [5.74, 6) is 0.560. The van der Waals surface area contributed by atoms with Gasteiger partial charge in [-0.25, -0.2) is 9.37 Å². The Balaban J connectivity index is 1.61. The van der Waals surface area contributed by atoms with Crippen molar-refractivity contribution in [1.29, 1.82) is 0 Å². The van der Waals surface area contributed by atoms with Crippen molar-refractivity contribution in [3.05, 3.63) is 102 Å². The maximum Gasteiger partial charge on any atom is 0.132 e. The molecule has 4 rings (SSSR count). The van der Waals surface area contributed by atoms with Gasteiger partial charge < -0.3 is 10.6 Å². The third kappa shape index (κ3) is 4.07. The lowest BCUT2D eigenvalue weighted by molar-refractivity contribution is 0.591. The van der Waals surface area contributed by atoms with Crippen LogP contribution in [0.2, 0.25) is 0 Å². The van der Waals surface area contributed by atoms with Gasteiger partial charge in [0.15, 0.2) is 0 Å². The van der Waals surface area contributed by atoms with Gasteiger partial charge in [0.1, 0.15) is 17.2 Å². The summed E-state index contributed by atoms with van der Waals surface area (Å²) in [5, 5.41) is 6.88. The Morgan fingerprint density at radius 3 is 2.67 bits per heavy atom. The molecular formula is C27H26FN5. The zero-order valence-corrected chi connectivity index (χ0v) is 19.0. The molecule has 0 bridgehead atoms. The van der Waals surface area contributed by atoms with E-state index in [4.69, 9.17) is 0 Å². The topological polar surface area (TPSA) is 62.2 Å². The molecule has 0 amide bonds. The highest BCUT2D eigenvalue weighted by Crippen LogP contribution is 2.45. The molecule has 1 aliphatic heterocycles. The van der Waals surface area contributed by atoms with Crippen LogP contribution < -0.4 is 10.6 Å². The molecule has 2 aromatic heterocycles. The molecule has 0 aliphatic carbocycles. The van der Waals surface area contributed by atoms with Crippen LogP contribution >= 0.6 is 0 Å². The molecule has 33 heavy (non-hydrogen) atoms. The third-order valence-electron chi connectivity index (χ3n) is 5.97. The van der Waals surface area contributed by atoms with Crippen molar-refractivity contribution >= 4 is 23.3 Å². The number of aromatic nitrogens is 2. The number of pyridine rings is 2. The number of rotatable bonds is 7. The summed E-state index contributed by atoms with van der Waals surface area (Å²) in [6.45, 7) is 14.0. The summed E-state index contributed by atoms with van der Waals surface area (Å²) in [5.41, 5.74) is 6.77. The molecule has 1 aromatic carbocycles. The molecular weight excluding hydrogens is 413 g/mol. The van der Waals surface area contributed by atoms with Crippen LogP contribution in [-0.4, -0.2) is 16.2 Å². The van der Waals surface area contributed by atoms with Gasteiger partial charge in [0, 0.05) is 52.9 Å². The van der Waals surface area contributed by atoms with Crippen LogP contribution in [0.25, 0.3) is 16.8 Å². The van der Waals surface area contributed by atoms with E-state index in [9.17, 15) is 4.39 Å². The van der Waals surface area contributed by atoms with Crippen molar-refractivity contribution in [3.63, 3.8) is 0 Å². The minimum atomic E-state index is -0.501. The Morgan fingerprint density at radius 1 is 1.21 bits per heavy atom. The monoisotopic (exact) mass is 439 g/mol. The fourth-order valence-electron chi connectivity index (χ4n) is 3.89. The van der Waals surface area contributed by atoms with Gasteiger partial charge in [-0.2, -0.15) is 0 Å². The predicted octanol–water partition coefficient (Wildman–Crippen LogP) is 6.48. The van der Waals surface area contributed by atoms with Gasteiger partial charge in [-0.05, 0) is 68.3 Å². The number of hydrogen-bond acceptors (Lipinski definition) is 5. The predicted molar refractivity (Wildman–Crippen MR) is 135 cm³/mol. The minimum absolute atomic E-state index is 0.272. The van der Waals surface area contributed by atoms with E-state index in [0.717, 1.165) is 50.7 Å². The van der Waals surface area contributed by atoms with Gasteiger partial charge in [-0.1, -0.05) is 19.2 Å². The van der Waals surface area contributed by atoms with Gasteiger partial charge in [0.05, 0.1) is 5.69 Å². The summed E-state index contributed by atoms with van der Waals surface area (Å²) in [6, 6.07) is 10.4. The molecule has 1 atom stereocenters. The van der Waals surface area contributed by atoms with E-state index in [1.54, 1.807) is 24.5 Å². The van der Waals surface area contributed by atoms with Crippen molar-refractivity contribution < 1.29 is 4.39 Å². The molecule has 3 aromatic rings. The van der Waals surface area contributed by atoms with Crippen LogP contribution in [0.1, 0.15) is 30.5 Å². The van der Waals surface area contributed by atoms with Crippen LogP contribution in [0.5, 0.6) is 0 Å². The van der Waals surface area contributed by atoms with E-state index >= 15 is 0 Å². The number of halogens is 1. The van der Waals surface area contributed by atoms with E-state index in [1.807, 2.05) is 32.2 Å². The summed E-state index contributed by atoms with van der Waals surface area (Å²) in [6.07, 6.45) is 8.83. The van der Waals surface area contributed by atoms with Gasteiger partial charge in [0.2, 0.25) is 0 Å². The third-order valence-corrected chi connectivity index (χ3v) is 5.97. The van der Waals surface area contributed by atoms with E-state index in [0.29, 0.717) is 0 Å². The number of fused-ring (bicyclic) bond motifs is 1. The van der Waals surface area contributed by atoms with Gasteiger partial charge in [-0.3, -0.25) is 9.98 Å². The fourth-order valence-corrected chi connectivity index (χ4v) is 3.89. The quantitative estimate of drug-likeness (QED) is 0.414. The molecule has 5 nitrogen and oxygen atoms in total. The SMILES string of the molecule is C=CN=C/C(=C\C)c1cnc2c(c1)C(C)(C(=C)Nc1ccnc(-c3ccc(F)cc3)c1C)N2. The Bertz CT molecular complexity index is 1290. The smallest absolute Gasteiger partial charge is 0.132 e. The van der Waals surface area contributed by atoms with Crippen LogP contribution in [0.4, 0.5) is 15.9 Å². The lowest BCUT2D eigenvalue weighted by Crippen LogP contribution is -2.45. The highest BCUT2D eigenvalue weighted by molar-refractivity contribution is 6.10. The molecule has 2 N–H and O–H groups in total. The lowest BCUT2D eigenvalue weighted by atomic mass is 9.81. The van der Waals surface area contributed by atoms with Gasteiger partial charge in [-0.15, -0.1) is 0 Å². The fraction of sp³-hybridized carbons (Fsp3) is 0.148. The number of allylic oxidation sites excluding steroid dienone is 2. The highest BCUT2D eigenvalue weighted by Gasteiger charge is 2.42. The number of nitrogens with zero attached hydrogens (tertiary/aromatic N) is 3. The van der Waals surface area contributed by atoms with Crippen LogP contribution in [0.15, 0.2) is 84.9 Å². The first-order chi connectivity index (χ1) is 15.9. The van der Waals surface area contributed by atoms with Gasteiger partial charge in [0.25, 0.3) is 0 Å². The average molecular weight is 440 g/mol. The highest BCUT2D eigenvalue weighted by atomic mass is 19.1. The molecule has 0 saturated carbocycles. The molecule has 1 unspecified atom stereocenters. The molecule has 0 radical (unpaired) electrons. The number of nitrogens with one attached hydrogen (secondary N) is 2. The maximum absolute atomic E-state index is 13.3. The Morgan fingerprint density at radius 2 is 1.97 bits per heavy atom. The maximum atomic E-state index is 13.3. The number of anilines is 2. The second-order valence-electron chi connectivity index (χ2n) is 8.02. The standard InChI is InChI=1S/C27H26FN5/c1-6-19(15-29-7-2)21-14-23-26(31-16-21)33-27(23,5)18(4)32-24-12-13-30-25(17(24)3)20-8-10-22(28)11-9-20/h6-16H,2,4H2,1,3,5H3,(H,30,32)(H,31,33)/b19-6+,29-15?. The van der Waals surface area contributed by atoms with Crippen LogP contribution in [0, 0.1) is 12.7 Å². The van der Waals surface area contributed by atoms with E-state index in [2.05, 4.69) is 51.7 Å². The van der Waals surface area contributed by atoms with Crippen molar-refractivity contribution in [2.45, 2.75) is 26.3 Å². The molecule has 1 aliphatic rings. The molecule has 6 heteroatoms. The van der Waals surface area contributed by atoms with Crippen LogP contribution in [-0.2, 0) is 5.54 Å². The molecule has 0 spiro atoms. The van der Waals surface area contributed by atoms with Crippen LogP contribution in [0.3, 0.4) is 0 Å². The molecule has 0 saturated heterocycles. The van der Waals surface area contributed by atoms with Crippen molar-refractivity contribution in [2.75, 3.05) is 10.6 Å². The first kappa shape index (κ1) is 22.1.